The Kier molecular flexibility index (Phi) is 3.78. The highest BCUT2D eigenvalue weighted by molar-refractivity contribution is 5.39. The summed E-state index contributed by atoms with van der Waals surface area (Å²) < 4.78 is 0. The molecule has 1 fully saturated rings. The standard InChI is InChI=1S/C12H21N5/c1-9(17(3)10-4-5-10)8-15-11-6-7-14-12(13-2)16-11/h6-7,9-10H,4-5,8H2,1-3H3,(H2,13,14,15,16). The molecular formula is C12H21N5. The van der Waals surface area contributed by atoms with Crippen molar-refractivity contribution in [2.45, 2.75) is 31.8 Å². The molecule has 1 aliphatic rings. The van der Waals surface area contributed by atoms with Gasteiger partial charge in [-0.05, 0) is 32.9 Å². The van der Waals surface area contributed by atoms with Gasteiger partial charge in [0.1, 0.15) is 5.82 Å². The molecule has 0 amide bonds. The van der Waals surface area contributed by atoms with Gasteiger partial charge in [-0.15, -0.1) is 0 Å². The van der Waals surface area contributed by atoms with Crippen molar-refractivity contribution in [1.29, 1.82) is 0 Å². The first kappa shape index (κ1) is 12.1. The maximum Gasteiger partial charge on any atom is 0.224 e. The SMILES string of the molecule is CNc1nccc(NCC(C)N(C)C2CC2)n1. The Balaban J connectivity index is 1.83. The lowest BCUT2D eigenvalue weighted by Gasteiger charge is -2.24. The lowest BCUT2D eigenvalue weighted by atomic mass is 10.3. The Hall–Kier alpha value is -1.36. The van der Waals surface area contributed by atoms with Crippen molar-refractivity contribution in [2.75, 3.05) is 31.3 Å². The number of likely N-dealkylation sites (N-methyl/N-ethyl adjacent to an activating group) is 1. The Morgan fingerprint density at radius 1 is 1.53 bits per heavy atom. The first-order valence-electron chi connectivity index (χ1n) is 6.17. The van der Waals surface area contributed by atoms with Crippen LogP contribution in [0.2, 0.25) is 0 Å². The summed E-state index contributed by atoms with van der Waals surface area (Å²) in [5, 5.41) is 6.28. The zero-order valence-corrected chi connectivity index (χ0v) is 10.8. The maximum atomic E-state index is 4.33. The van der Waals surface area contributed by atoms with Crippen molar-refractivity contribution in [3.63, 3.8) is 0 Å². The molecule has 17 heavy (non-hydrogen) atoms. The topological polar surface area (TPSA) is 53.1 Å². The normalized spacial score (nSPS) is 16.9. The van der Waals surface area contributed by atoms with Gasteiger partial charge >= 0.3 is 0 Å². The third kappa shape index (κ3) is 3.30. The Bertz CT molecular complexity index is 364. The summed E-state index contributed by atoms with van der Waals surface area (Å²) in [7, 11) is 4.02. The molecule has 1 aliphatic carbocycles. The molecule has 1 aromatic rings. The number of aromatic nitrogens is 2. The molecular weight excluding hydrogens is 214 g/mol. The average molecular weight is 235 g/mol. The third-order valence-corrected chi connectivity index (χ3v) is 3.28. The minimum Gasteiger partial charge on any atom is -0.368 e. The van der Waals surface area contributed by atoms with E-state index >= 15 is 0 Å². The predicted molar refractivity (Wildman–Crippen MR) is 70.3 cm³/mol. The van der Waals surface area contributed by atoms with E-state index in [1.54, 1.807) is 6.20 Å². The zero-order valence-electron chi connectivity index (χ0n) is 10.8. The van der Waals surface area contributed by atoms with E-state index < -0.39 is 0 Å². The molecule has 94 valence electrons. The highest BCUT2D eigenvalue weighted by atomic mass is 15.2. The molecule has 0 saturated heterocycles. The fraction of sp³-hybridized carbons (Fsp3) is 0.667. The van der Waals surface area contributed by atoms with E-state index in [1.165, 1.54) is 12.8 Å². The molecule has 2 N–H and O–H groups in total. The molecule has 1 saturated carbocycles. The van der Waals surface area contributed by atoms with Crippen LogP contribution in [0.3, 0.4) is 0 Å². The third-order valence-electron chi connectivity index (χ3n) is 3.28. The molecule has 0 aliphatic heterocycles. The lowest BCUT2D eigenvalue weighted by Crippen LogP contribution is -2.36. The molecule has 0 spiro atoms. The van der Waals surface area contributed by atoms with Crippen molar-refractivity contribution in [2.24, 2.45) is 0 Å². The number of hydrogen-bond donors (Lipinski definition) is 2. The second-order valence-corrected chi connectivity index (χ2v) is 4.64. The summed E-state index contributed by atoms with van der Waals surface area (Å²) in [6.45, 7) is 3.15. The van der Waals surface area contributed by atoms with Gasteiger partial charge < -0.3 is 10.6 Å². The van der Waals surface area contributed by atoms with Gasteiger partial charge in [-0.3, -0.25) is 4.90 Å². The number of nitrogens with one attached hydrogen (secondary N) is 2. The minimum atomic E-state index is 0.524. The molecule has 2 rings (SSSR count). The molecule has 1 heterocycles. The fourth-order valence-electron chi connectivity index (χ4n) is 1.82. The van der Waals surface area contributed by atoms with Crippen LogP contribution in [0, 0.1) is 0 Å². The summed E-state index contributed by atoms with van der Waals surface area (Å²) in [6.07, 6.45) is 4.45. The fourth-order valence-corrected chi connectivity index (χ4v) is 1.82. The summed E-state index contributed by atoms with van der Waals surface area (Å²) >= 11 is 0. The van der Waals surface area contributed by atoms with Crippen LogP contribution >= 0.6 is 0 Å². The number of nitrogens with zero attached hydrogens (tertiary/aromatic N) is 3. The van der Waals surface area contributed by atoms with Crippen LogP contribution in [0.4, 0.5) is 11.8 Å². The summed E-state index contributed by atoms with van der Waals surface area (Å²) in [5.74, 6) is 1.53. The summed E-state index contributed by atoms with van der Waals surface area (Å²) in [4.78, 5) is 10.9. The van der Waals surface area contributed by atoms with Crippen LogP contribution < -0.4 is 10.6 Å². The zero-order chi connectivity index (χ0) is 12.3. The Morgan fingerprint density at radius 2 is 2.29 bits per heavy atom. The lowest BCUT2D eigenvalue weighted by molar-refractivity contribution is 0.257. The molecule has 1 unspecified atom stereocenters. The van der Waals surface area contributed by atoms with Gasteiger partial charge in [0.25, 0.3) is 0 Å². The smallest absolute Gasteiger partial charge is 0.224 e. The number of anilines is 2. The van der Waals surface area contributed by atoms with E-state index in [9.17, 15) is 0 Å². The van der Waals surface area contributed by atoms with Gasteiger partial charge in [0.15, 0.2) is 0 Å². The predicted octanol–water partition coefficient (Wildman–Crippen LogP) is 1.41. The molecule has 5 nitrogen and oxygen atoms in total. The van der Waals surface area contributed by atoms with Gasteiger partial charge in [0, 0.05) is 31.9 Å². The van der Waals surface area contributed by atoms with Crippen LogP contribution in [0.15, 0.2) is 12.3 Å². The van der Waals surface area contributed by atoms with E-state index in [4.69, 9.17) is 0 Å². The highest BCUT2D eigenvalue weighted by Crippen LogP contribution is 2.26. The van der Waals surface area contributed by atoms with E-state index in [0.29, 0.717) is 12.0 Å². The van der Waals surface area contributed by atoms with Crippen LogP contribution in [-0.2, 0) is 0 Å². The van der Waals surface area contributed by atoms with Gasteiger partial charge in [0.2, 0.25) is 5.95 Å². The maximum absolute atomic E-state index is 4.33. The van der Waals surface area contributed by atoms with Crippen molar-refractivity contribution < 1.29 is 0 Å². The Morgan fingerprint density at radius 3 is 2.94 bits per heavy atom. The second kappa shape index (κ2) is 5.31. The number of hydrogen-bond acceptors (Lipinski definition) is 5. The largest absolute Gasteiger partial charge is 0.368 e. The number of rotatable bonds is 6. The van der Waals surface area contributed by atoms with Crippen LogP contribution in [0.1, 0.15) is 19.8 Å². The summed E-state index contributed by atoms with van der Waals surface area (Å²) in [5.41, 5.74) is 0. The first-order chi connectivity index (χ1) is 8.20. The van der Waals surface area contributed by atoms with Gasteiger partial charge in [-0.25, -0.2) is 4.98 Å². The van der Waals surface area contributed by atoms with E-state index in [-0.39, 0.29) is 0 Å². The molecule has 0 radical (unpaired) electrons. The molecule has 1 aromatic heterocycles. The minimum absolute atomic E-state index is 0.524. The van der Waals surface area contributed by atoms with Crippen LogP contribution in [0.5, 0.6) is 0 Å². The van der Waals surface area contributed by atoms with Crippen molar-refractivity contribution in [1.82, 2.24) is 14.9 Å². The monoisotopic (exact) mass is 235 g/mol. The summed E-state index contributed by atoms with van der Waals surface area (Å²) in [6, 6.07) is 3.21. The first-order valence-corrected chi connectivity index (χ1v) is 6.17. The van der Waals surface area contributed by atoms with Gasteiger partial charge in [-0.2, -0.15) is 4.98 Å². The van der Waals surface area contributed by atoms with E-state index in [0.717, 1.165) is 18.4 Å². The highest BCUT2D eigenvalue weighted by Gasteiger charge is 2.28. The van der Waals surface area contributed by atoms with E-state index in [1.807, 2.05) is 13.1 Å². The van der Waals surface area contributed by atoms with Crippen molar-refractivity contribution in [3.8, 4) is 0 Å². The molecule has 0 bridgehead atoms. The average Bonchev–Trinajstić information content (AvgIpc) is 3.19. The van der Waals surface area contributed by atoms with E-state index in [2.05, 4.69) is 39.5 Å². The van der Waals surface area contributed by atoms with Crippen molar-refractivity contribution in [3.05, 3.63) is 12.3 Å². The molecule has 0 aromatic carbocycles. The van der Waals surface area contributed by atoms with Gasteiger partial charge in [0.05, 0.1) is 0 Å². The molecule has 5 heteroatoms. The van der Waals surface area contributed by atoms with Crippen LogP contribution in [0.25, 0.3) is 0 Å². The van der Waals surface area contributed by atoms with Gasteiger partial charge in [-0.1, -0.05) is 0 Å². The van der Waals surface area contributed by atoms with Crippen molar-refractivity contribution >= 4 is 11.8 Å². The second-order valence-electron chi connectivity index (χ2n) is 4.64. The van der Waals surface area contributed by atoms with Crippen LogP contribution in [-0.4, -0.2) is 47.6 Å². The Labute approximate surface area is 103 Å². The quantitative estimate of drug-likeness (QED) is 0.781. The molecule has 1 atom stereocenters.